The van der Waals surface area contributed by atoms with E-state index in [0.29, 0.717) is 17.8 Å². The van der Waals surface area contributed by atoms with Crippen molar-refractivity contribution in [2.24, 2.45) is 0 Å². The zero-order valence-electron chi connectivity index (χ0n) is 7.77. The summed E-state index contributed by atoms with van der Waals surface area (Å²) in [5.74, 6) is 0.0537. The first-order chi connectivity index (χ1) is 6.81. The number of rotatable bonds is 3. The van der Waals surface area contributed by atoms with Gasteiger partial charge in [-0.2, -0.15) is 5.10 Å². The number of nitrogens with zero attached hydrogens (tertiary/aromatic N) is 3. The molecule has 5 heteroatoms. The highest BCUT2D eigenvalue weighted by Crippen LogP contribution is 2.04. The van der Waals surface area contributed by atoms with E-state index in [0.717, 1.165) is 0 Å². The molecule has 2 aromatic heterocycles. The van der Waals surface area contributed by atoms with Crippen LogP contribution in [0.1, 0.15) is 10.4 Å². The molecule has 0 aromatic carbocycles. The zero-order chi connectivity index (χ0) is 9.97. The highest BCUT2D eigenvalue weighted by molar-refractivity contribution is 5.98. The minimum absolute atomic E-state index is 0.0537. The van der Waals surface area contributed by atoms with Crippen LogP contribution < -0.4 is 5.32 Å². The van der Waals surface area contributed by atoms with Gasteiger partial charge in [-0.3, -0.25) is 4.79 Å². The number of hydrogen-bond acceptors (Lipinski definition) is 4. The molecule has 0 fully saturated rings. The van der Waals surface area contributed by atoms with Gasteiger partial charge in [-0.05, 0) is 19.2 Å². The first-order valence-corrected chi connectivity index (χ1v) is 4.28. The third kappa shape index (κ3) is 1.49. The lowest BCUT2D eigenvalue weighted by atomic mass is 10.2. The quantitative estimate of drug-likeness (QED) is 0.699. The summed E-state index contributed by atoms with van der Waals surface area (Å²) in [6.45, 7) is 0.338. The van der Waals surface area contributed by atoms with Gasteiger partial charge in [0.25, 0.3) is 0 Å². The molecule has 0 atom stereocenters. The third-order valence-electron chi connectivity index (χ3n) is 1.94. The summed E-state index contributed by atoms with van der Waals surface area (Å²) in [5, 5.41) is 6.76. The Labute approximate surface area is 80.8 Å². The fraction of sp³-hybridized carbons (Fsp3) is 0.222. The molecule has 0 saturated heterocycles. The first kappa shape index (κ1) is 8.83. The van der Waals surface area contributed by atoms with E-state index in [2.05, 4.69) is 15.4 Å². The van der Waals surface area contributed by atoms with Gasteiger partial charge in [0, 0.05) is 11.8 Å². The van der Waals surface area contributed by atoms with Crippen LogP contribution in [-0.2, 0) is 0 Å². The van der Waals surface area contributed by atoms with Crippen LogP contribution in [0, 0.1) is 0 Å². The molecule has 0 spiro atoms. The average molecular weight is 190 g/mol. The number of likely N-dealkylation sites (N-methyl/N-ethyl adjacent to an activating group) is 1. The molecule has 1 N–H and O–H groups in total. The number of carbonyl (C=O) groups excluding carboxylic acids is 1. The van der Waals surface area contributed by atoms with Crippen molar-refractivity contribution < 1.29 is 4.79 Å². The van der Waals surface area contributed by atoms with Gasteiger partial charge in [0.2, 0.25) is 0 Å². The van der Waals surface area contributed by atoms with Gasteiger partial charge < -0.3 is 5.32 Å². The number of ketones is 1. The van der Waals surface area contributed by atoms with E-state index in [4.69, 9.17) is 0 Å². The van der Waals surface area contributed by atoms with E-state index >= 15 is 0 Å². The lowest BCUT2D eigenvalue weighted by Gasteiger charge is -1.99. The molecule has 14 heavy (non-hydrogen) atoms. The topological polar surface area (TPSA) is 59.3 Å². The summed E-state index contributed by atoms with van der Waals surface area (Å²) in [7, 11) is 1.74. The Hall–Kier alpha value is -1.75. The SMILES string of the molecule is CNCC(=O)c1ccn2ncnc2c1. The molecule has 0 radical (unpaired) electrons. The minimum Gasteiger partial charge on any atom is -0.313 e. The summed E-state index contributed by atoms with van der Waals surface area (Å²) in [5.41, 5.74) is 1.34. The van der Waals surface area contributed by atoms with Crippen LogP contribution in [0.2, 0.25) is 0 Å². The molecule has 0 unspecified atom stereocenters. The van der Waals surface area contributed by atoms with Gasteiger partial charge in [0.15, 0.2) is 11.4 Å². The van der Waals surface area contributed by atoms with Crippen LogP contribution in [0.5, 0.6) is 0 Å². The molecule has 5 nitrogen and oxygen atoms in total. The van der Waals surface area contributed by atoms with E-state index in [-0.39, 0.29) is 5.78 Å². The summed E-state index contributed by atoms with van der Waals surface area (Å²) >= 11 is 0. The Bertz CT molecular complexity index is 463. The zero-order valence-corrected chi connectivity index (χ0v) is 7.77. The number of Topliss-reactive ketones (excluding diaryl/α,β-unsaturated/α-hetero) is 1. The lowest BCUT2D eigenvalue weighted by Crippen LogP contribution is -2.18. The van der Waals surface area contributed by atoms with Crippen molar-refractivity contribution in [1.29, 1.82) is 0 Å². The highest BCUT2D eigenvalue weighted by atomic mass is 16.1. The van der Waals surface area contributed by atoms with E-state index < -0.39 is 0 Å². The predicted octanol–water partition coefficient (Wildman–Crippen LogP) is 0.131. The lowest BCUT2D eigenvalue weighted by molar-refractivity contribution is 0.0993. The van der Waals surface area contributed by atoms with Gasteiger partial charge >= 0.3 is 0 Å². The Morgan fingerprint density at radius 2 is 2.50 bits per heavy atom. The van der Waals surface area contributed by atoms with Crippen LogP contribution in [0.3, 0.4) is 0 Å². The number of aromatic nitrogens is 3. The molecule has 0 bridgehead atoms. The largest absolute Gasteiger partial charge is 0.313 e. The Balaban J connectivity index is 2.38. The average Bonchev–Trinajstić information content (AvgIpc) is 2.64. The fourth-order valence-electron chi connectivity index (χ4n) is 1.25. The summed E-state index contributed by atoms with van der Waals surface area (Å²) in [6.07, 6.45) is 3.19. The molecule has 72 valence electrons. The van der Waals surface area contributed by atoms with Crippen molar-refractivity contribution in [3.05, 3.63) is 30.2 Å². The smallest absolute Gasteiger partial charge is 0.176 e. The maximum absolute atomic E-state index is 11.5. The molecule has 2 aromatic rings. The first-order valence-electron chi connectivity index (χ1n) is 4.28. The van der Waals surface area contributed by atoms with Gasteiger partial charge in [-0.15, -0.1) is 0 Å². The highest BCUT2D eigenvalue weighted by Gasteiger charge is 2.05. The van der Waals surface area contributed by atoms with Crippen molar-refractivity contribution in [2.45, 2.75) is 0 Å². The second kappa shape index (κ2) is 3.55. The van der Waals surface area contributed by atoms with Gasteiger partial charge in [0.05, 0.1) is 6.54 Å². The van der Waals surface area contributed by atoms with Crippen LogP contribution in [0.15, 0.2) is 24.7 Å². The number of pyridine rings is 1. The van der Waals surface area contributed by atoms with Gasteiger partial charge in [-0.1, -0.05) is 0 Å². The van der Waals surface area contributed by atoms with Crippen LogP contribution in [-0.4, -0.2) is 34.0 Å². The fourth-order valence-corrected chi connectivity index (χ4v) is 1.25. The molecular weight excluding hydrogens is 180 g/mol. The Kier molecular flexibility index (Phi) is 2.24. The second-order valence-electron chi connectivity index (χ2n) is 2.93. The van der Waals surface area contributed by atoms with Gasteiger partial charge in [-0.25, -0.2) is 9.50 Å². The molecular formula is C9H10N4O. The van der Waals surface area contributed by atoms with E-state index in [1.165, 1.54) is 6.33 Å². The minimum atomic E-state index is 0.0537. The summed E-state index contributed by atoms with van der Waals surface area (Å²) in [4.78, 5) is 15.5. The summed E-state index contributed by atoms with van der Waals surface area (Å²) < 4.78 is 1.62. The van der Waals surface area contributed by atoms with Crippen LogP contribution in [0.25, 0.3) is 5.65 Å². The predicted molar refractivity (Wildman–Crippen MR) is 51.2 cm³/mol. The van der Waals surface area contributed by atoms with E-state index in [1.54, 1.807) is 29.9 Å². The van der Waals surface area contributed by atoms with Crippen molar-refractivity contribution >= 4 is 11.4 Å². The van der Waals surface area contributed by atoms with Crippen molar-refractivity contribution in [1.82, 2.24) is 19.9 Å². The number of carbonyl (C=O) groups is 1. The number of nitrogens with one attached hydrogen (secondary N) is 1. The monoisotopic (exact) mass is 190 g/mol. The standard InChI is InChI=1S/C9H10N4O/c1-10-5-8(14)7-2-3-13-9(4-7)11-6-12-13/h2-4,6,10H,5H2,1H3. The van der Waals surface area contributed by atoms with E-state index in [9.17, 15) is 4.79 Å². The Morgan fingerprint density at radius 1 is 1.64 bits per heavy atom. The second-order valence-corrected chi connectivity index (χ2v) is 2.93. The molecule has 2 rings (SSSR count). The van der Waals surface area contributed by atoms with Crippen LogP contribution in [0.4, 0.5) is 0 Å². The van der Waals surface area contributed by atoms with Crippen molar-refractivity contribution in [2.75, 3.05) is 13.6 Å². The van der Waals surface area contributed by atoms with Crippen molar-refractivity contribution in [3.63, 3.8) is 0 Å². The Morgan fingerprint density at radius 3 is 3.29 bits per heavy atom. The van der Waals surface area contributed by atoms with Crippen LogP contribution >= 0.6 is 0 Å². The van der Waals surface area contributed by atoms with Crippen molar-refractivity contribution in [3.8, 4) is 0 Å². The third-order valence-corrected chi connectivity index (χ3v) is 1.94. The normalized spacial score (nSPS) is 10.6. The molecule has 0 saturated carbocycles. The maximum atomic E-state index is 11.5. The molecule has 0 aliphatic carbocycles. The maximum Gasteiger partial charge on any atom is 0.176 e. The molecule has 0 amide bonds. The van der Waals surface area contributed by atoms with E-state index in [1.807, 2.05) is 0 Å². The van der Waals surface area contributed by atoms with Gasteiger partial charge in [0.1, 0.15) is 6.33 Å². The molecule has 0 aliphatic rings. The molecule has 0 aliphatic heterocycles. The summed E-state index contributed by atoms with van der Waals surface area (Å²) in [6, 6.07) is 3.47. The number of fused-ring (bicyclic) bond motifs is 1. The number of hydrogen-bond donors (Lipinski definition) is 1. The molecule has 2 heterocycles.